The Labute approximate surface area is 150 Å². The molecular formula is C19H30N4O2. The third-order valence-electron chi connectivity index (χ3n) is 5.67. The lowest BCUT2D eigenvalue weighted by Crippen LogP contribution is -2.45. The normalized spacial score (nSPS) is 23.0. The highest BCUT2D eigenvalue weighted by molar-refractivity contribution is 5.82. The molecule has 0 aliphatic carbocycles. The van der Waals surface area contributed by atoms with E-state index >= 15 is 0 Å². The molecule has 2 saturated heterocycles. The van der Waals surface area contributed by atoms with Crippen LogP contribution in [-0.2, 0) is 16.1 Å². The molecule has 0 saturated carbocycles. The Morgan fingerprint density at radius 2 is 2.28 bits per heavy atom. The number of hydrogen-bond acceptors (Lipinski definition) is 5. The summed E-state index contributed by atoms with van der Waals surface area (Å²) in [6.07, 6.45) is 6.90. The van der Waals surface area contributed by atoms with Crippen molar-refractivity contribution in [3.63, 3.8) is 0 Å². The van der Waals surface area contributed by atoms with Crippen molar-refractivity contribution in [1.82, 2.24) is 20.1 Å². The third kappa shape index (κ3) is 4.37. The zero-order valence-corrected chi connectivity index (χ0v) is 15.4. The number of hydrogen-bond donors (Lipinski definition) is 1. The third-order valence-corrected chi connectivity index (χ3v) is 5.67. The first-order valence-corrected chi connectivity index (χ1v) is 9.21. The van der Waals surface area contributed by atoms with Gasteiger partial charge >= 0.3 is 0 Å². The fraction of sp³-hybridized carbons (Fsp3) is 0.684. The number of ether oxygens (including phenoxy) is 1. The highest BCUT2D eigenvalue weighted by Gasteiger charge is 2.46. The van der Waals surface area contributed by atoms with Crippen LogP contribution in [0.4, 0.5) is 0 Å². The Morgan fingerprint density at radius 1 is 1.48 bits per heavy atom. The molecule has 138 valence electrons. The molecule has 3 rings (SSSR count). The Kier molecular flexibility index (Phi) is 6.04. The SMILES string of the molecule is COCCN(Cc1cccnc1)C(=O)[C@H]1CC2(CCNCC2)CN1C. The minimum absolute atomic E-state index is 0.0216. The lowest BCUT2D eigenvalue weighted by Gasteiger charge is -2.33. The first-order valence-electron chi connectivity index (χ1n) is 9.21. The molecule has 1 aromatic heterocycles. The summed E-state index contributed by atoms with van der Waals surface area (Å²) < 4.78 is 5.23. The van der Waals surface area contributed by atoms with E-state index in [4.69, 9.17) is 4.74 Å². The zero-order valence-electron chi connectivity index (χ0n) is 15.4. The summed E-state index contributed by atoms with van der Waals surface area (Å²) in [4.78, 5) is 21.6. The largest absolute Gasteiger partial charge is 0.383 e. The van der Waals surface area contributed by atoms with E-state index < -0.39 is 0 Å². The Bertz CT molecular complexity index is 560. The van der Waals surface area contributed by atoms with Gasteiger partial charge in [-0.2, -0.15) is 0 Å². The number of likely N-dealkylation sites (tertiary alicyclic amines) is 1. The van der Waals surface area contributed by atoms with Crippen LogP contribution >= 0.6 is 0 Å². The van der Waals surface area contributed by atoms with Gasteiger partial charge in [-0.25, -0.2) is 0 Å². The smallest absolute Gasteiger partial charge is 0.240 e. The van der Waals surface area contributed by atoms with Gasteiger partial charge in [0.15, 0.2) is 0 Å². The number of nitrogens with one attached hydrogen (secondary N) is 1. The van der Waals surface area contributed by atoms with E-state index in [1.165, 1.54) is 12.8 Å². The fourth-order valence-corrected chi connectivity index (χ4v) is 4.26. The van der Waals surface area contributed by atoms with E-state index in [2.05, 4.69) is 22.2 Å². The second-order valence-electron chi connectivity index (χ2n) is 7.50. The molecule has 25 heavy (non-hydrogen) atoms. The van der Waals surface area contributed by atoms with Gasteiger partial charge in [0.25, 0.3) is 0 Å². The monoisotopic (exact) mass is 346 g/mol. The van der Waals surface area contributed by atoms with Crippen LogP contribution < -0.4 is 5.32 Å². The van der Waals surface area contributed by atoms with Gasteiger partial charge in [0.05, 0.1) is 12.6 Å². The summed E-state index contributed by atoms with van der Waals surface area (Å²) in [5.41, 5.74) is 1.37. The maximum absolute atomic E-state index is 13.3. The van der Waals surface area contributed by atoms with Crippen molar-refractivity contribution < 1.29 is 9.53 Å². The lowest BCUT2D eigenvalue weighted by atomic mass is 9.77. The number of likely N-dealkylation sites (N-methyl/N-ethyl adjacent to an activating group) is 1. The number of carbonyl (C=O) groups is 1. The van der Waals surface area contributed by atoms with Crippen LogP contribution in [0.2, 0.25) is 0 Å². The van der Waals surface area contributed by atoms with Gasteiger partial charge in [-0.05, 0) is 56.4 Å². The number of nitrogens with zero attached hydrogens (tertiary/aromatic N) is 3. The van der Waals surface area contributed by atoms with E-state index in [0.29, 0.717) is 25.1 Å². The van der Waals surface area contributed by atoms with Gasteiger partial charge in [-0.1, -0.05) is 6.07 Å². The maximum Gasteiger partial charge on any atom is 0.240 e. The number of aromatic nitrogens is 1. The predicted molar refractivity (Wildman–Crippen MR) is 97.1 cm³/mol. The molecule has 2 aliphatic rings. The van der Waals surface area contributed by atoms with E-state index in [1.54, 1.807) is 13.3 Å². The number of carbonyl (C=O) groups excluding carboxylic acids is 1. The van der Waals surface area contributed by atoms with Gasteiger partial charge in [0.2, 0.25) is 5.91 Å². The molecule has 0 radical (unpaired) electrons. The van der Waals surface area contributed by atoms with Crippen molar-refractivity contribution >= 4 is 5.91 Å². The van der Waals surface area contributed by atoms with Crippen LogP contribution in [0.25, 0.3) is 0 Å². The van der Waals surface area contributed by atoms with Crippen molar-refractivity contribution in [2.75, 3.05) is 46.9 Å². The highest BCUT2D eigenvalue weighted by Crippen LogP contribution is 2.41. The summed E-state index contributed by atoms with van der Waals surface area (Å²) >= 11 is 0. The van der Waals surface area contributed by atoms with Crippen molar-refractivity contribution in [2.45, 2.75) is 31.8 Å². The molecule has 1 N–H and O–H groups in total. The summed E-state index contributed by atoms with van der Waals surface area (Å²) in [5, 5.41) is 3.44. The maximum atomic E-state index is 13.3. The summed E-state index contributed by atoms with van der Waals surface area (Å²) in [6, 6.07) is 3.92. The number of pyridine rings is 1. The zero-order chi connectivity index (χ0) is 17.7. The van der Waals surface area contributed by atoms with Gasteiger partial charge in [0.1, 0.15) is 0 Å². The molecule has 1 atom stereocenters. The number of amides is 1. The average molecular weight is 346 g/mol. The number of methoxy groups -OCH3 is 1. The molecule has 1 spiro atoms. The average Bonchev–Trinajstić information content (AvgIpc) is 2.95. The van der Waals surface area contributed by atoms with Crippen LogP contribution in [0.3, 0.4) is 0 Å². The Hall–Kier alpha value is -1.50. The van der Waals surface area contributed by atoms with Crippen molar-refractivity contribution in [3.8, 4) is 0 Å². The molecule has 2 aliphatic heterocycles. The molecular weight excluding hydrogens is 316 g/mol. The van der Waals surface area contributed by atoms with E-state index in [0.717, 1.165) is 31.6 Å². The Balaban J connectivity index is 1.70. The summed E-state index contributed by atoms with van der Waals surface area (Å²) in [5.74, 6) is 0.221. The van der Waals surface area contributed by atoms with E-state index in [1.807, 2.05) is 23.2 Å². The van der Waals surface area contributed by atoms with E-state index in [9.17, 15) is 4.79 Å². The molecule has 6 nitrogen and oxygen atoms in total. The second-order valence-corrected chi connectivity index (χ2v) is 7.50. The van der Waals surface area contributed by atoms with Crippen molar-refractivity contribution in [3.05, 3.63) is 30.1 Å². The molecule has 0 aromatic carbocycles. The summed E-state index contributed by atoms with van der Waals surface area (Å²) in [6.45, 7) is 4.92. The van der Waals surface area contributed by atoms with Crippen molar-refractivity contribution in [1.29, 1.82) is 0 Å². The van der Waals surface area contributed by atoms with Crippen LogP contribution in [0.1, 0.15) is 24.8 Å². The van der Waals surface area contributed by atoms with Crippen LogP contribution in [-0.4, -0.2) is 73.7 Å². The second kappa shape index (κ2) is 8.25. The number of piperidine rings is 1. The van der Waals surface area contributed by atoms with E-state index in [-0.39, 0.29) is 11.9 Å². The van der Waals surface area contributed by atoms with Crippen molar-refractivity contribution in [2.24, 2.45) is 5.41 Å². The van der Waals surface area contributed by atoms with Gasteiger partial charge < -0.3 is 15.0 Å². The van der Waals surface area contributed by atoms with Crippen LogP contribution in [0.15, 0.2) is 24.5 Å². The number of rotatable bonds is 6. The Morgan fingerprint density at radius 3 is 2.96 bits per heavy atom. The molecule has 1 aromatic rings. The molecule has 0 unspecified atom stereocenters. The quantitative estimate of drug-likeness (QED) is 0.837. The standard InChI is InChI=1S/C19H30N4O2/c1-22-15-19(5-8-20-9-6-19)12-17(22)18(24)23(10-11-25-2)14-16-4-3-7-21-13-16/h3-4,7,13,17,20H,5-6,8-12,14-15H2,1-2H3/t17-/m1/s1. The molecule has 1 amide bonds. The molecule has 2 fully saturated rings. The first kappa shape index (κ1) is 18.3. The molecule has 6 heteroatoms. The minimum atomic E-state index is -0.0216. The topological polar surface area (TPSA) is 57.7 Å². The summed E-state index contributed by atoms with van der Waals surface area (Å²) in [7, 11) is 3.77. The molecule has 3 heterocycles. The van der Waals surface area contributed by atoms with Gasteiger partial charge in [-0.3, -0.25) is 14.7 Å². The van der Waals surface area contributed by atoms with Gasteiger partial charge in [0, 0.05) is 39.1 Å². The predicted octanol–water partition coefficient (Wildman–Crippen LogP) is 1.13. The fourth-order valence-electron chi connectivity index (χ4n) is 4.26. The molecule has 0 bridgehead atoms. The van der Waals surface area contributed by atoms with Crippen LogP contribution in [0.5, 0.6) is 0 Å². The lowest BCUT2D eigenvalue weighted by molar-refractivity contribution is -0.137. The van der Waals surface area contributed by atoms with Crippen LogP contribution in [0, 0.1) is 5.41 Å². The minimum Gasteiger partial charge on any atom is -0.383 e. The first-order chi connectivity index (χ1) is 12.1. The van der Waals surface area contributed by atoms with Gasteiger partial charge in [-0.15, -0.1) is 0 Å². The highest BCUT2D eigenvalue weighted by atomic mass is 16.5.